The van der Waals surface area contributed by atoms with E-state index in [1.54, 1.807) is 7.11 Å². The quantitative estimate of drug-likeness (QED) is 0.644. The number of benzene rings is 1. The van der Waals surface area contributed by atoms with E-state index in [4.69, 9.17) is 15.0 Å². The maximum Gasteiger partial charge on any atom is 0.147 e. The number of methoxy groups -OCH3 is 1. The molecule has 4 heteroatoms. The Hall–Kier alpha value is -1.26. The highest BCUT2D eigenvalue weighted by Gasteiger charge is 2.33. The Morgan fingerprint density at radius 2 is 2.22 bits per heavy atom. The summed E-state index contributed by atoms with van der Waals surface area (Å²) in [5.41, 5.74) is 10.4. The first kappa shape index (κ1) is 13.2. The molecule has 1 aliphatic rings. The fraction of sp³-hybridized carbons (Fsp3) is 0.571. The Kier molecular flexibility index (Phi) is 3.78. The fourth-order valence-electron chi connectivity index (χ4n) is 2.61. The summed E-state index contributed by atoms with van der Waals surface area (Å²) in [6, 6.07) is 5.93. The van der Waals surface area contributed by atoms with Crippen LogP contribution in [0.1, 0.15) is 43.9 Å². The molecule has 0 radical (unpaired) electrons. The lowest BCUT2D eigenvalue weighted by molar-refractivity contribution is -0.0808. The van der Waals surface area contributed by atoms with Gasteiger partial charge in [-0.25, -0.2) is 5.53 Å². The molecule has 0 aliphatic heterocycles. The Labute approximate surface area is 108 Å². The number of hydrogen-bond acceptors (Lipinski definition) is 4. The van der Waals surface area contributed by atoms with Crippen LogP contribution in [-0.4, -0.2) is 13.9 Å². The highest BCUT2D eigenvalue weighted by Crippen LogP contribution is 2.44. The third kappa shape index (κ3) is 2.44. The third-order valence-electron chi connectivity index (χ3n) is 3.66. The first-order chi connectivity index (χ1) is 8.58. The van der Waals surface area contributed by atoms with Gasteiger partial charge in [0.25, 0.3) is 0 Å². The molecule has 98 valence electrons. The number of hydrogen-bond donors (Lipinski definition) is 1. The molecule has 0 heterocycles. The summed E-state index contributed by atoms with van der Waals surface area (Å²) >= 11 is 0. The van der Waals surface area contributed by atoms with Gasteiger partial charge in [-0.1, -0.05) is 19.9 Å². The third-order valence-corrected chi connectivity index (χ3v) is 3.66. The summed E-state index contributed by atoms with van der Waals surface area (Å²) in [6.45, 7) is 4.79. The summed E-state index contributed by atoms with van der Waals surface area (Å²) in [4.78, 5) is 0. The molecule has 1 aromatic carbocycles. The maximum atomic E-state index is 7.12. The van der Waals surface area contributed by atoms with Crippen LogP contribution in [0.2, 0.25) is 0 Å². The van der Waals surface area contributed by atoms with Crippen molar-refractivity contribution < 1.29 is 9.47 Å². The monoisotopic (exact) mass is 248 g/mol. The van der Waals surface area contributed by atoms with Crippen LogP contribution in [0.25, 0.3) is 0 Å². The van der Waals surface area contributed by atoms with Gasteiger partial charge < -0.3 is 9.47 Å². The molecule has 1 atom stereocenters. The molecule has 4 nitrogen and oxygen atoms in total. The average Bonchev–Trinajstić information content (AvgIpc) is 2.37. The molecule has 1 aliphatic carbocycles. The molecule has 0 bridgehead atoms. The van der Waals surface area contributed by atoms with Crippen molar-refractivity contribution in [1.82, 2.24) is 0 Å². The summed E-state index contributed by atoms with van der Waals surface area (Å²) in [7, 11) is 1.63. The highest BCUT2D eigenvalue weighted by atomic mass is 16.7. The Morgan fingerprint density at radius 3 is 2.89 bits per heavy atom. The van der Waals surface area contributed by atoms with Gasteiger partial charge in [-0.3, -0.25) is 0 Å². The summed E-state index contributed by atoms with van der Waals surface area (Å²) in [5.74, 6) is 0. The number of nitrogens with zero attached hydrogens (tertiary/aromatic N) is 1. The van der Waals surface area contributed by atoms with E-state index < -0.39 is 0 Å². The molecule has 0 saturated heterocycles. The van der Waals surface area contributed by atoms with Gasteiger partial charge in [-0.2, -0.15) is 5.11 Å². The van der Waals surface area contributed by atoms with Crippen molar-refractivity contribution in [1.29, 1.82) is 5.53 Å². The smallest absolute Gasteiger partial charge is 0.147 e. The Morgan fingerprint density at radius 1 is 1.44 bits per heavy atom. The second-order valence-corrected chi connectivity index (χ2v) is 5.37. The zero-order valence-electron chi connectivity index (χ0n) is 11.2. The lowest BCUT2D eigenvalue weighted by Gasteiger charge is -2.36. The number of fused-ring (bicyclic) bond motifs is 1. The predicted octanol–water partition coefficient (Wildman–Crippen LogP) is 4.08. The predicted molar refractivity (Wildman–Crippen MR) is 69.2 cm³/mol. The summed E-state index contributed by atoms with van der Waals surface area (Å²) < 4.78 is 10.7. The molecule has 1 N–H and O–H groups in total. The summed E-state index contributed by atoms with van der Waals surface area (Å²) in [6.07, 6.45) is 2.12. The van der Waals surface area contributed by atoms with Crippen molar-refractivity contribution in [3.05, 3.63) is 29.3 Å². The SMILES string of the molecule is COCOC1CCC(C)(C)c2ccc(N=N)cc21. The van der Waals surface area contributed by atoms with E-state index in [2.05, 4.69) is 25.0 Å². The van der Waals surface area contributed by atoms with Gasteiger partial charge in [0.2, 0.25) is 0 Å². The van der Waals surface area contributed by atoms with Crippen LogP contribution in [0.15, 0.2) is 23.3 Å². The molecule has 0 spiro atoms. The number of ether oxygens (including phenoxy) is 2. The zero-order chi connectivity index (χ0) is 13.2. The molecule has 2 rings (SSSR count). The molecule has 1 aromatic rings. The van der Waals surface area contributed by atoms with E-state index in [0.29, 0.717) is 12.5 Å². The van der Waals surface area contributed by atoms with Gasteiger partial charge in [-0.05, 0) is 41.5 Å². The van der Waals surface area contributed by atoms with E-state index in [0.717, 1.165) is 18.4 Å². The normalized spacial score (nSPS) is 21.4. The van der Waals surface area contributed by atoms with Crippen molar-refractivity contribution in [3.63, 3.8) is 0 Å². The lowest BCUT2D eigenvalue weighted by atomic mass is 9.71. The average molecular weight is 248 g/mol. The van der Waals surface area contributed by atoms with Crippen LogP contribution in [-0.2, 0) is 14.9 Å². The molecular formula is C14H20N2O2. The fourth-order valence-corrected chi connectivity index (χ4v) is 2.61. The van der Waals surface area contributed by atoms with Gasteiger partial charge >= 0.3 is 0 Å². The molecule has 0 aromatic heterocycles. The van der Waals surface area contributed by atoms with Crippen LogP contribution < -0.4 is 0 Å². The zero-order valence-corrected chi connectivity index (χ0v) is 11.2. The number of rotatable bonds is 4. The van der Waals surface area contributed by atoms with E-state index in [9.17, 15) is 0 Å². The van der Waals surface area contributed by atoms with Crippen molar-refractivity contribution in [3.8, 4) is 0 Å². The second kappa shape index (κ2) is 5.16. The molecule has 18 heavy (non-hydrogen) atoms. The van der Waals surface area contributed by atoms with Crippen LogP contribution in [0.3, 0.4) is 0 Å². The highest BCUT2D eigenvalue weighted by molar-refractivity contribution is 5.48. The molecule has 0 fully saturated rings. The van der Waals surface area contributed by atoms with Gasteiger partial charge in [0.05, 0.1) is 11.8 Å². The minimum Gasteiger partial charge on any atom is -0.359 e. The van der Waals surface area contributed by atoms with Crippen LogP contribution in [0, 0.1) is 5.53 Å². The molecule has 0 amide bonds. The summed E-state index contributed by atoms with van der Waals surface area (Å²) in [5, 5.41) is 3.50. The lowest BCUT2D eigenvalue weighted by Crippen LogP contribution is -2.27. The minimum atomic E-state index is 0.0506. The Bertz CT molecular complexity index is 443. The van der Waals surface area contributed by atoms with Crippen molar-refractivity contribution in [2.75, 3.05) is 13.9 Å². The molecule has 1 unspecified atom stereocenters. The molecular weight excluding hydrogens is 228 g/mol. The number of nitrogens with one attached hydrogen (secondary N) is 1. The minimum absolute atomic E-state index is 0.0506. The van der Waals surface area contributed by atoms with Gasteiger partial charge in [0, 0.05) is 7.11 Å². The largest absolute Gasteiger partial charge is 0.359 e. The second-order valence-electron chi connectivity index (χ2n) is 5.37. The Balaban J connectivity index is 2.39. The molecule has 0 saturated carbocycles. The topological polar surface area (TPSA) is 54.7 Å². The van der Waals surface area contributed by atoms with E-state index in [-0.39, 0.29) is 11.5 Å². The van der Waals surface area contributed by atoms with Crippen molar-refractivity contribution >= 4 is 5.69 Å². The van der Waals surface area contributed by atoms with Gasteiger partial charge in [0.1, 0.15) is 6.79 Å². The first-order valence-corrected chi connectivity index (χ1v) is 6.21. The van der Waals surface area contributed by atoms with Crippen LogP contribution in [0.5, 0.6) is 0 Å². The van der Waals surface area contributed by atoms with Crippen molar-refractivity contribution in [2.24, 2.45) is 5.11 Å². The van der Waals surface area contributed by atoms with Crippen LogP contribution >= 0.6 is 0 Å². The van der Waals surface area contributed by atoms with E-state index in [1.807, 2.05) is 12.1 Å². The van der Waals surface area contributed by atoms with E-state index in [1.165, 1.54) is 5.56 Å². The van der Waals surface area contributed by atoms with Gasteiger partial charge in [0.15, 0.2) is 0 Å². The van der Waals surface area contributed by atoms with Gasteiger partial charge in [-0.15, -0.1) is 0 Å². The maximum absolute atomic E-state index is 7.12. The van der Waals surface area contributed by atoms with Crippen molar-refractivity contribution in [2.45, 2.75) is 38.2 Å². The van der Waals surface area contributed by atoms with E-state index >= 15 is 0 Å². The van der Waals surface area contributed by atoms with Crippen LogP contribution in [0.4, 0.5) is 5.69 Å². The first-order valence-electron chi connectivity index (χ1n) is 6.21. The standard InChI is InChI=1S/C14H20N2O2/c1-14(2)7-6-13(18-9-17-3)11-8-10(16-15)4-5-12(11)14/h4-5,8,13,15H,6-7,9H2,1-3H3.